The van der Waals surface area contributed by atoms with Crippen molar-refractivity contribution in [1.82, 2.24) is 0 Å². The molecule has 0 amide bonds. The first-order chi connectivity index (χ1) is 27.1. The second-order valence-corrected chi connectivity index (χ2v) is 14.6. The highest BCUT2D eigenvalue weighted by molar-refractivity contribution is 5.68. The highest BCUT2D eigenvalue weighted by Gasteiger charge is 2.54. The lowest BCUT2D eigenvalue weighted by molar-refractivity contribution is -0.378. The van der Waals surface area contributed by atoms with E-state index in [1.807, 2.05) is 20.8 Å². The molecule has 0 spiro atoms. The third-order valence-electron chi connectivity index (χ3n) is 10.3. The maximum Gasteiger partial charge on any atom is 0.305 e. The highest BCUT2D eigenvalue weighted by atomic mass is 16.8. The summed E-state index contributed by atoms with van der Waals surface area (Å²) in [5, 5.41) is 19.5. The van der Waals surface area contributed by atoms with Crippen LogP contribution in [0.2, 0.25) is 0 Å². The van der Waals surface area contributed by atoms with Gasteiger partial charge in [-0.2, -0.15) is 0 Å². The summed E-state index contributed by atoms with van der Waals surface area (Å²) in [5.74, 6) is -0.276. The molecule has 0 saturated carbocycles. The van der Waals surface area contributed by atoms with Gasteiger partial charge in [-0.15, -0.1) is 0 Å². The Kier molecular flexibility index (Phi) is 22.2. The Bertz CT molecular complexity index is 1230. The normalized spacial score (nSPS) is 36.0. The van der Waals surface area contributed by atoms with Gasteiger partial charge in [-0.3, -0.25) is 4.79 Å². The number of nitrogens with zero attached hydrogens (tertiary/aromatic N) is 6. The number of aliphatic hydroxyl groups is 1. The average Bonchev–Trinajstić information content (AvgIpc) is 3.18. The standard InChI is InChI=1S/C37H67N7O12/c1-8-11-18-48-30-27(41-43-39)23(5)53-35(51-21-16-14-15-17-25(45)47-7)33(30)55-37-34(31(49-19-12-9-2)28(42-44-40)24(6)54-37)56-36-32(50-20-13-10-3)29(46)26(38)22(4)52-36/h22-24,26-37,46H,8-21,38H2,1-7H3/t22?,23?,24?,26-,27-,28-,29?,30?,31?,32-,33-,34-,35+,36-,37-/m1/s1. The Labute approximate surface area is 331 Å². The zero-order valence-electron chi connectivity index (χ0n) is 34.3. The van der Waals surface area contributed by atoms with Gasteiger partial charge in [0.15, 0.2) is 18.9 Å². The molecule has 0 aromatic heterocycles. The summed E-state index contributed by atoms with van der Waals surface area (Å²) >= 11 is 0. The number of carbonyl (C=O) groups excluding carboxylic acids is 1. The van der Waals surface area contributed by atoms with E-state index in [2.05, 4.69) is 20.1 Å². The van der Waals surface area contributed by atoms with Gasteiger partial charge in [0.25, 0.3) is 0 Å². The summed E-state index contributed by atoms with van der Waals surface area (Å²) in [7, 11) is 1.36. The SMILES string of the molecule is CCCCOC1[C@H](N=[N+]=[N-])C(C)O[C@H](O[C@@H]2C(OCCCC)[C@H](N=[N+]=[N-])C(C)O[C@@H]2OCCCCCC(=O)OC)[C@@H]1O[C@H]1OC(C)[C@@H](N)C(O)[C@H]1OCCCC. The van der Waals surface area contributed by atoms with E-state index in [4.69, 9.17) is 53.1 Å². The fourth-order valence-electron chi connectivity index (χ4n) is 6.90. The van der Waals surface area contributed by atoms with Crippen LogP contribution in [-0.2, 0) is 52.2 Å². The van der Waals surface area contributed by atoms with Crippen molar-refractivity contribution in [3.63, 3.8) is 0 Å². The van der Waals surface area contributed by atoms with Gasteiger partial charge in [0.05, 0.1) is 55.8 Å². The molecule has 322 valence electrons. The third kappa shape index (κ3) is 13.9. The first kappa shape index (κ1) is 48.0. The number of methoxy groups -OCH3 is 1. The molecule has 15 atom stereocenters. The van der Waals surface area contributed by atoms with Gasteiger partial charge >= 0.3 is 5.97 Å². The van der Waals surface area contributed by atoms with Crippen molar-refractivity contribution in [3.05, 3.63) is 20.9 Å². The highest BCUT2D eigenvalue weighted by Crippen LogP contribution is 2.37. The average molecular weight is 802 g/mol. The second kappa shape index (κ2) is 25.9. The lowest BCUT2D eigenvalue weighted by Crippen LogP contribution is -2.67. The molecule has 0 aromatic rings. The fraction of sp³-hybridized carbons (Fsp3) is 0.973. The van der Waals surface area contributed by atoms with E-state index in [1.165, 1.54) is 7.11 Å². The van der Waals surface area contributed by atoms with Crippen molar-refractivity contribution >= 4 is 5.97 Å². The van der Waals surface area contributed by atoms with Gasteiger partial charge < -0.3 is 58.2 Å². The van der Waals surface area contributed by atoms with Gasteiger partial charge in [-0.1, -0.05) is 56.7 Å². The van der Waals surface area contributed by atoms with Crippen LogP contribution in [0.1, 0.15) is 106 Å². The van der Waals surface area contributed by atoms with Crippen LogP contribution in [0.25, 0.3) is 20.9 Å². The quantitative estimate of drug-likeness (QED) is 0.0389. The number of carbonyl (C=O) groups is 1. The zero-order valence-corrected chi connectivity index (χ0v) is 34.3. The second-order valence-electron chi connectivity index (χ2n) is 14.6. The molecule has 0 aliphatic carbocycles. The maximum atomic E-state index is 11.6. The first-order valence-electron chi connectivity index (χ1n) is 20.4. The van der Waals surface area contributed by atoms with Crippen LogP contribution in [0.3, 0.4) is 0 Å². The van der Waals surface area contributed by atoms with Crippen LogP contribution in [0.15, 0.2) is 10.2 Å². The van der Waals surface area contributed by atoms with Gasteiger partial charge in [-0.05, 0) is 63.9 Å². The maximum absolute atomic E-state index is 11.6. The molecule has 19 heteroatoms. The largest absolute Gasteiger partial charge is 0.469 e. The van der Waals surface area contributed by atoms with Crippen molar-refractivity contribution in [2.75, 3.05) is 33.5 Å². The van der Waals surface area contributed by atoms with E-state index in [1.54, 1.807) is 20.8 Å². The van der Waals surface area contributed by atoms with E-state index < -0.39 is 91.9 Å². The number of rotatable bonds is 25. The molecule has 3 rings (SSSR count). The predicted molar refractivity (Wildman–Crippen MR) is 203 cm³/mol. The molecule has 3 heterocycles. The smallest absolute Gasteiger partial charge is 0.305 e. The van der Waals surface area contributed by atoms with Crippen LogP contribution in [0.4, 0.5) is 0 Å². The van der Waals surface area contributed by atoms with Crippen LogP contribution in [0.5, 0.6) is 0 Å². The number of hydrogen-bond donors (Lipinski definition) is 2. The Hall–Kier alpha value is -2.35. The lowest BCUT2D eigenvalue weighted by atomic mass is 9.94. The molecule has 0 bridgehead atoms. The molecule has 6 unspecified atom stereocenters. The number of nitrogens with two attached hydrogens (primary N) is 1. The summed E-state index contributed by atoms with van der Waals surface area (Å²) in [4.78, 5) is 17.8. The van der Waals surface area contributed by atoms with Crippen LogP contribution >= 0.6 is 0 Å². The number of ether oxygens (including phenoxy) is 10. The van der Waals surface area contributed by atoms with Crippen molar-refractivity contribution in [2.45, 2.75) is 198 Å². The van der Waals surface area contributed by atoms with Crippen LogP contribution in [0, 0.1) is 0 Å². The van der Waals surface area contributed by atoms with E-state index in [-0.39, 0.29) is 12.6 Å². The molecule has 3 fully saturated rings. The third-order valence-corrected chi connectivity index (χ3v) is 10.3. The number of aliphatic hydroxyl groups excluding tert-OH is 1. The minimum Gasteiger partial charge on any atom is -0.469 e. The molecule has 3 N–H and O–H groups in total. The molecule has 19 nitrogen and oxygen atoms in total. The van der Waals surface area contributed by atoms with E-state index in [0.29, 0.717) is 51.9 Å². The number of azide groups is 2. The van der Waals surface area contributed by atoms with Crippen molar-refractivity contribution < 1.29 is 57.3 Å². The van der Waals surface area contributed by atoms with E-state index >= 15 is 0 Å². The zero-order chi connectivity index (χ0) is 41.0. The molecule has 3 saturated heterocycles. The minimum absolute atomic E-state index is 0.262. The Morgan fingerprint density at radius 1 is 0.643 bits per heavy atom. The predicted octanol–water partition coefficient (Wildman–Crippen LogP) is 5.34. The number of esters is 1. The Balaban J connectivity index is 2.05. The first-order valence-corrected chi connectivity index (χ1v) is 20.4. The molecule has 0 aromatic carbocycles. The van der Waals surface area contributed by atoms with Gasteiger partial charge in [0, 0.05) is 42.7 Å². The summed E-state index contributed by atoms with van der Waals surface area (Å²) < 4.78 is 62.8. The van der Waals surface area contributed by atoms with Crippen LogP contribution in [-0.4, -0.2) is 137 Å². The van der Waals surface area contributed by atoms with Gasteiger partial charge in [0.2, 0.25) is 0 Å². The lowest BCUT2D eigenvalue weighted by Gasteiger charge is -2.50. The molecule has 3 aliphatic rings. The van der Waals surface area contributed by atoms with Crippen molar-refractivity contribution in [3.8, 4) is 0 Å². The molecule has 56 heavy (non-hydrogen) atoms. The summed E-state index contributed by atoms with van der Waals surface area (Å²) in [5.41, 5.74) is 25.6. The monoisotopic (exact) mass is 801 g/mol. The van der Waals surface area contributed by atoms with E-state index in [0.717, 1.165) is 32.1 Å². The molecular weight excluding hydrogens is 734 g/mol. The molecule has 3 aliphatic heterocycles. The summed E-state index contributed by atoms with van der Waals surface area (Å²) in [6, 6.07) is -2.39. The minimum atomic E-state index is -1.23. The summed E-state index contributed by atoms with van der Waals surface area (Å²) in [6.45, 7) is 12.6. The van der Waals surface area contributed by atoms with Gasteiger partial charge in [-0.25, -0.2) is 0 Å². The van der Waals surface area contributed by atoms with E-state index in [9.17, 15) is 21.0 Å². The topological polar surface area (TPSA) is 253 Å². The fourth-order valence-corrected chi connectivity index (χ4v) is 6.90. The summed E-state index contributed by atoms with van der Waals surface area (Å²) in [6.07, 6.45) is -4.34. The molecule has 0 radical (unpaired) electrons. The van der Waals surface area contributed by atoms with Crippen molar-refractivity contribution in [2.24, 2.45) is 16.0 Å². The number of hydrogen-bond acceptors (Lipinski definition) is 15. The Morgan fingerprint density at radius 3 is 1.59 bits per heavy atom. The van der Waals surface area contributed by atoms with Crippen LogP contribution < -0.4 is 5.73 Å². The van der Waals surface area contributed by atoms with Crippen molar-refractivity contribution in [1.29, 1.82) is 0 Å². The van der Waals surface area contributed by atoms with Gasteiger partial charge in [0.1, 0.15) is 24.4 Å². The number of unbranched alkanes of at least 4 members (excludes halogenated alkanes) is 5. The Morgan fingerprint density at radius 2 is 1.09 bits per heavy atom. The molecular formula is C37H67N7O12.